The number of aromatic nitrogens is 4. The molecular formula is C12H16N4O2. The van der Waals surface area contributed by atoms with E-state index >= 15 is 0 Å². The van der Waals surface area contributed by atoms with Crippen molar-refractivity contribution in [2.75, 3.05) is 0 Å². The van der Waals surface area contributed by atoms with Gasteiger partial charge in [0, 0.05) is 19.8 Å². The van der Waals surface area contributed by atoms with Crippen LogP contribution in [0.5, 0.6) is 0 Å². The Morgan fingerprint density at radius 2 is 1.94 bits per heavy atom. The molecule has 0 unspecified atom stereocenters. The quantitative estimate of drug-likeness (QED) is 0.779. The van der Waals surface area contributed by atoms with E-state index in [4.69, 9.17) is 0 Å². The molecule has 0 aromatic carbocycles. The molecule has 2 aliphatic rings. The van der Waals surface area contributed by atoms with Crippen molar-refractivity contribution in [3.05, 3.63) is 32.7 Å². The zero-order valence-electron chi connectivity index (χ0n) is 11.0. The minimum atomic E-state index is -0.547. The molecule has 2 heterocycles. The summed E-state index contributed by atoms with van der Waals surface area (Å²) in [6.07, 6.45) is 1.85. The average molecular weight is 248 g/mol. The molecule has 2 rings (SSSR count). The van der Waals surface area contributed by atoms with Crippen LogP contribution < -0.4 is 11.2 Å². The molecule has 0 saturated heterocycles. The van der Waals surface area contributed by atoms with Crippen LogP contribution in [-0.4, -0.2) is 19.1 Å². The SMILES string of the molecule is CCn1cc(C(C)C)nc2c(=O)n(C)c(=O)nc1-2. The molecule has 18 heavy (non-hydrogen) atoms. The van der Waals surface area contributed by atoms with Crippen molar-refractivity contribution < 1.29 is 0 Å². The molecule has 96 valence electrons. The van der Waals surface area contributed by atoms with Crippen LogP contribution in [0.2, 0.25) is 0 Å². The Morgan fingerprint density at radius 3 is 2.50 bits per heavy atom. The lowest BCUT2D eigenvalue weighted by atomic mass is 10.1. The summed E-state index contributed by atoms with van der Waals surface area (Å²) >= 11 is 0. The summed E-state index contributed by atoms with van der Waals surface area (Å²) < 4.78 is 2.78. The Morgan fingerprint density at radius 1 is 1.28 bits per heavy atom. The first-order valence-corrected chi connectivity index (χ1v) is 5.93. The minimum Gasteiger partial charge on any atom is -0.329 e. The second kappa shape index (κ2) is 4.36. The van der Waals surface area contributed by atoms with Gasteiger partial charge in [-0.3, -0.25) is 9.36 Å². The molecule has 0 atom stereocenters. The molecule has 0 amide bonds. The Kier molecular flexibility index (Phi) is 3.02. The fraction of sp³-hybridized carbons (Fsp3) is 0.500. The maximum absolute atomic E-state index is 12.0. The third-order valence-electron chi connectivity index (χ3n) is 2.94. The van der Waals surface area contributed by atoms with E-state index in [1.807, 2.05) is 27.0 Å². The molecule has 0 spiro atoms. The van der Waals surface area contributed by atoms with Crippen molar-refractivity contribution in [1.82, 2.24) is 19.1 Å². The summed E-state index contributed by atoms with van der Waals surface area (Å²) in [6.45, 7) is 6.59. The van der Waals surface area contributed by atoms with Crippen LogP contribution in [0, 0.1) is 0 Å². The number of fused-ring (bicyclic) bond motifs is 1. The van der Waals surface area contributed by atoms with E-state index in [2.05, 4.69) is 9.97 Å². The van der Waals surface area contributed by atoms with Gasteiger partial charge in [0.05, 0.1) is 5.69 Å². The standard InChI is InChI=1S/C12H16N4O2/c1-5-16-6-8(7(2)3)13-9-10(16)14-12(18)15(4)11(9)17/h6-7H,5H2,1-4H3. The van der Waals surface area contributed by atoms with Crippen LogP contribution in [-0.2, 0) is 13.6 Å². The van der Waals surface area contributed by atoms with E-state index in [0.29, 0.717) is 12.4 Å². The maximum Gasteiger partial charge on any atom is 0.352 e. The lowest BCUT2D eigenvalue weighted by Crippen LogP contribution is -2.36. The molecule has 0 bridgehead atoms. The van der Waals surface area contributed by atoms with Gasteiger partial charge in [-0.25, -0.2) is 9.78 Å². The highest BCUT2D eigenvalue weighted by Crippen LogP contribution is 2.17. The third kappa shape index (κ3) is 1.83. The minimum absolute atomic E-state index is 0.212. The van der Waals surface area contributed by atoms with Crippen LogP contribution >= 0.6 is 0 Å². The smallest absolute Gasteiger partial charge is 0.329 e. The second-order valence-corrected chi connectivity index (χ2v) is 4.54. The van der Waals surface area contributed by atoms with Gasteiger partial charge in [0.1, 0.15) is 0 Å². The molecule has 0 aromatic heterocycles. The molecule has 0 aliphatic carbocycles. The average Bonchev–Trinajstić information content (AvgIpc) is 2.35. The Hall–Kier alpha value is -1.98. The van der Waals surface area contributed by atoms with Gasteiger partial charge in [0.2, 0.25) is 0 Å². The molecule has 6 nitrogen and oxygen atoms in total. The van der Waals surface area contributed by atoms with Crippen LogP contribution in [0.1, 0.15) is 32.4 Å². The van der Waals surface area contributed by atoms with Gasteiger partial charge in [-0.05, 0) is 12.8 Å². The van der Waals surface area contributed by atoms with Crippen LogP contribution in [0.25, 0.3) is 11.5 Å². The zero-order valence-corrected chi connectivity index (χ0v) is 11.0. The summed E-state index contributed by atoms with van der Waals surface area (Å²) in [5.41, 5.74) is 0.135. The second-order valence-electron chi connectivity index (χ2n) is 4.54. The van der Waals surface area contributed by atoms with Crippen LogP contribution in [0.4, 0.5) is 0 Å². The van der Waals surface area contributed by atoms with E-state index < -0.39 is 11.2 Å². The molecular weight excluding hydrogens is 232 g/mol. The monoisotopic (exact) mass is 248 g/mol. The normalized spacial score (nSPS) is 11.4. The summed E-state index contributed by atoms with van der Waals surface area (Å²) in [4.78, 5) is 31.8. The highest BCUT2D eigenvalue weighted by Gasteiger charge is 2.19. The lowest BCUT2D eigenvalue weighted by Gasteiger charge is -2.15. The number of nitrogens with zero attached hydrogens (tertiary/aromatic N) is 4. The van der Waals surface area contributed by atoms with Crippen LogP contribution in [0.3, 0.4) is 0 Å². The summed E-state index contributed by atoms with van der Waals surface area (Å²) in [5.74, 6) is 0.568. The van der Waals surface area contributed by atoms with Crippen molar-refractivity contribution in [1.29, 1.82) is 0 Å². The van der Waals surface area contributed by atoms with Gasteiger partial charge in [-0.1, -0.05) is 13.8 Å². The predicted octanol–water partition coefficient (Wildman–Crippen LogP) is 0.585. The summed E-state index contributed by atoms with van der Waals surface area (Å²) in [7, 11) is 1.41. The van der Waals surface area contributed by atoms with E-state index in [1.54, 1.807) is 4.57 Å². The Balaban J connectivity index is 2.92. The van der Waals surface area contributed by atoms with Gasteiger partial charge >= 0.3 is 5.69 Å². The fourth-order valence-corrected chi connectivity index (χ4v) is 1.76. The molecule has 2 aliphatic heterocycles. The molecule has 0 N–H and O–H groups in total. The zero-order chi connectivity index (χ0) is 13.4. The van der Waals surface area contributed by atoms with Gasteiger partial charge in [0.25, 0.3) is 5.56 Å². The van der Waals surface area contributed by atoms with Crippen molar-refractivity contribution >= 4 is 0 Å². The first kappa shape index (κ1) is 12.5. The highest BCUT2D eigenvalue weighted by molar-refractivity contribution is 5.49. The lowest BCUT2D eigenvalue weighted by molar-refractivity contribution is 0.672. The molecule has 0 fully saturated rings. The van der Waals surface area contributed by atoms with Crippen LogP contribution in [0.15, 0.2) is 15.8 Å². The first-order valence-electron chi connectivity index (χ1n) is 5.93. The predicted molar refractivity (Wildman–Crippen MR) is 67.9 cm³/mol. The number of hydrogen-bond acceptors (Lipinski definition) is 4. The van der Waals surface area contributed by atoms with Gasteiger partial charge in [-0.15, -0.1) is 0 Å². The van der Waals surface area contributed by atoms with Crippen molar-refractivity contribution in [2.24, 2.45) is 7.05 Å². The number of aryl methyl sites for hydroxylation is 1. The molecule has 0 aromatic rings. The van der Waals surface area contributed by atoms with E-state index in [-0.39, 0.29) is 11.6 Å². The van der Waals surface area contributed by atoms with Crippen molar-refractivity contribution in [3.8, 4) is 11.5 Å². The first-order chi connectivity index (χ1) is 8.45. The molecule has 0 saturated carbocycles. The van der Waals surface area contributed by atoms with Crippen molar-refractivity contribution in [3.63, 3.8) is 0 Å². The van der Waals surface area contributed by atoms with Crippen molar-refractivity contribution in [2.45, 2.75) is 33.2 Å². The number of rotatable bonds is 2. The largest absolute Gasteiger partial charge is 0.352 e. The molecule has 0 radical (unpaired) electrons. The summed E-state index contributed by atoms with van der Waals surface area (Å²) in [6, 6.07) is 0. The maximum atomic E-state index is 12.0. The van der Waals surface area contributed by atoms with E-state index in [9.17, 15) is 9.59 Å². The topological polar surface area (TPSA) is 69.8 Å². The van der Waals surface area contributed by atoms with Gasteiger partial charge in [-0.2, -0.15) is 4.98 Å². The van der Waals surface area contributed by atoms with E-state index in [0.717, 1.165) is 10.3 Å². The fourth-order valence-electron chi connectivity index (χ4n) is 1.76. The van der Waals surface area contributed by atoms with Gasteiger partial charge < -0.3 is 4.57 Å². The molecule has 6 heteroatoms. The van der Waals surface area contributed by atoms with E-state index in [1.165, 1.54) is 7.05 Å². The Labute approximate surface area is 104 Å². The highest BCUT2D eigenvalue weighted by atomic mass is 16.2. The Bertz CT molecular complexity index is 669. The third-order valence-corrected chi connectivity index (χ3v) is 2.94. The summed E-state index contributed by atoms with van der Waals surface area (Å²) in [5, 5.41) is 0. The van der Waals surface area contributed by atoms with Gasteiger partial charge in [0.15, 0.2) is 11.5 Å². The number of hydrogen-bond donors (Lipinski definition) is 0.